The molecule has 0 heterocycles. The summed E-state index contributed by atoms with van der Waals surface area (Å²) in [4.78, 5) is 21.7. The zero-order chi connectivity index (χ0) is 18.2. The van der Waals surface area contributed by atoms with Crippen molar-refractivity contribution in [2.75, 3.05) is 6.61 Å². The van der Waals surface area contributed by atoms with Crippen molar-refractivity contribution in [2.24, 2.45) is 0 Å². The third-order valence-electron chi connectivity index (χ3n) is 4.19. The Morgan fingerprint density at radius 3 is 2.77 bits per heavy atom. The van der Waals surface area contributed by atoms with Crippen LogP contribution in [-0.2, 0) is 22.7 Å². The first kappa shape index (κ1) is 18.2. The van der Waals surface area contributed by atoms with Crippen molar-refractivity contribution in [2.45, 2.75) is 32.8 Å². The largest absolute Gasteiger partial charge is 0.489 e. The van der Waals surface area contributed by atoms with Crippen LogP contribution in [0.4, 0.5) is 0 Å². The normalized spacial score (nSPS) is 13.7. The van der Waals surface area contributed by atoms with Gasteiger partial charge in [0.05, 0.1) is 6.61 Å². The summed E-state index contributed by atoms with van der Waals surface area (Å²) in [5.41, 5.74) is 6.38. The molecule has 0 aromatic heterocycles. The molecule has 1 aliphatic carbocycles. The molecule has 0 amide bonds. The summed E-state index contributed by atoms with van der Waals surface area (Å²) in [5.74, 6) is 1.04. The van der Waals surface area contributed by atoms with Crippen LogP contribution in [0.1, 0.15) is 46.8 Å². The highest BCUT2D eigenvalue weighted by molar-refractivity contribution is 5.98. The number of benzene rings is 2. The van der Waals surface area contributed by atoms with Crippen molar-refractivity contribution in [1.82, 2.24) is 5.64 Å². The van der Waals surface area contributed by atoms with E-state index in [1.165, 1.54) is 6.26 Å². The maximum atomic E-state index is 11.9. The molecule has 1 N–H and O–H groups in total. The first-order chi connectivity index (χ1) is 12.8. The van der Waals surface area contributed by atoms with Gasteiger partial charge in [-0.1, -0.05) is 24.3 Å². The number of aryl methyl sites for hydroxylation is 1. The van der Waals surface area contributed by atoms with Crippen LogP contribution in [0.2, 0.25) is 0 Å². The number of fused-ring (bicyclic) bond motifs is 1. The topological polar surface area (TPSA) is 56.8 Å². The van der Waals surface area contributed by atoms with Crippen molar-refractivity contribution < 1.29 is 19.2 Å². The zero-order valence-corrected chi connectivity index (χ0v) is 14.9. The average molecular weight is 353 g/mol. The molecule has 0 saturated heterocycles. The van der Waals surface area contributed by atoms with E-state index in [0.29, 0.717) is 19.6 Å². The maximum absolute atomic E-state index is 11.9. The van der Waals surface area contributed by atoms with Crippen LogP contribution in [0.5, 0.6) is 5.75 Å². The van der Waals surface area contributed by atoms with E-state index >= 15 is 0 Å². The molecule has 2 aromatic rings. The number of nitrogens with one attached hydrogen (secondary N) is 1. The number of Topliss-reactive ketones (excluding diaryl/α,β-unsaturated/α-hetero) is 1. The summed E-state index contributed by atoms with van der Waals surface area (Å²) in [5, 5.41) is 0. The fourth-order valence-electron chi connectivity index (χ4n) is 2.84. The lowest BCUT2D eigenvalue weighted by atomic mass is 9.90. The van der Waals surface area contributed by atoms with Gasteiger partial charge in [-0.3, -0.25) is 9.63 Å². The predicted octanol–water partition coefficient (Wildman–Crippen LogP) is 4.23. The molecule has 0 unspecified atom stereocenters. The van der Waals surface area contributed by atoms with Crippen molar-refractivity contribution in [3.8, 4) is 5.75 Å². The molecule has 1 aliphatic rings. The SMILES string of the molecule is CCONO/C=C/c1ccc(COc2ccc3c(c2)CCCC3=O)cc1. The van der Waals surface area contributed by atoms with Crippen LogP contribution in [0.3, 0.4) is 0 Å². The molecular formula is C21H23NO4. The van der Waals surface area contributed by atoms with Crippen LogP contribution in [0.15, 0.2) is 48.7 Å². The van der Waals surface area contributed by atoms with Gasteiger partial charge < -0.3 is 9.57 Å². The number of ketones is 1. The van der Waals surface area contributed by atoms with Crippen LogP contribution in [-0.4, -0.2) is 12.4 Å². The highest BCUT2D eigenvalue weighted by atomic mass is 16.9. The molecular weight excluding hydrogens is 330 g/mol. The van der Waals surface area contributed by atoms with E-state index in [9.17, 15) is 4.79 Å². The number of carbonyl (C=O) groups is 1. The lowest BCUT2D eigenvalue weighted by Crippen LogP contribution is -2.10. The molecule has 0 fully saturated rings. The highest BCUT2D eigenvalue weighted by Gasteiger charge is 2.17. The van der Waals surface area contributed by atoms with Crippen LogP contribution >= 0.6 is 0 Å². The third-order valence-corrected chi connectivity index (χ3v) is 4.19. The molecule has 0 saturated carbocycles. The van der Waals surface area contributed by atoms with Gasteiger partial charge in [-0.2, -0.15) is 0 Å². The summed E-state index contributed by atoms with van der Waals surface area (Å²) in [6, 6.07) is 13.8. The van der Waals surface area contributed by atoms with E-state index in [1.54, 1.807) is 0 Å². The van der Waals surface area contributed by atoms with Crippen molar-refractivity contribution in [3.63, 3.8) is 0 Å². The maximum Gasteiger partial charge on any atom is 0.163 e. The molecule has 0 bridgehead atoms. The Bertz CT molecular complexity index is 768. The lowest BCUT2D eigenvalue weighted by molar-refractivity contribution is -0.129. The average Bonchev–Trinajstić information content (AvgIpc) is 2.67. The standard InChI is InChI=1S/C21H23NO4/c1-2-25-22-26-13-12-16-6-8-17(9-7-16)15-24-19-10-11-20-18(14-19)4-3-5-21(20)23/h6-14,22H,2-5,15H2,1H3/b13-12+. The molecule has 2 aromatic carbocycles. The monoisotopic (exact) mass is 353 g/mol. The van der Waals surface area contributed by atoms with Gasteiger partial charge in [0.2, 0.25) is 0 Å². The zero-order valence-electron chi connectivity index (χ0n) is 14.9. The van der Waals surface area contributed by atoms with Gasteiger partial charge in [-0.05, 0) is 66.4 Å². The van der Waals surface area contributed by atoms with Gasteiger partial charge >= 0.3 is 0 Å². The van der Waals surface area contributed by atoms with Crippen molar-refractivity contribution >= 4 is 11.9 Å². The number of hydrogen-bond acceptors (Lipinski definition) is 5. The van der Waals surface area contributed by atoms with Gasteiger partial charge in [0.1, 0.15) is 18.6 Å². The number of carbonyl (C=O) groups excluding carboxylic acids is 1. The number of hydrogen-bond donors (Lipinski definition) is 1. The molecule has 0 radical (unpaired) electrons. The van der Waals surface area contributed by atoms with E-state index < -0.39 is 0 Å². The molecule has 5 nitrogen and oxygen atoms in total. The van der Waals surface area contributed by atoms with Crippen LogP contribution < -0.4 is 10.4 Å². The Labute approximate surface area is 153 Å². The summed E-state index contributed by atoms with van der Waals surface area (Å²) in [7, 11) is 0. The summed E-state index contributed by atoms with van der Waals surface area (Å²) in [6.07, 6.45) is 5.88. The van der Waals surface area contributed by atoms with Gasteiger partial charge in [-0.15, -0.1) is 0 Å². The molecule has 26 heavy (non-hydrogen) atoms. The van der Waals surface area contributed by atoms with Crippen LogP contribution in [0.25, 0.3) is 6.08 Å². The molecule has 0 aliphatic heterocycles. The Kier molecular flexibility index (Phi) is 6.41. The highest BCUT2D eigenvalue weighted by Crippen LogP contribution is 2.26. The first-order valence-corrected chi connectivity index (χ1v) is 8.83. The quantitative estimate of drug-likeness (QED) is 0.437. The fraction of sp³-hybridized carbons (Fsp3) is 0.286. The molecule has 0 atom stereocenters. The Balaban J connectivity index is 1.53. The van der Waals surface area contributed by atoms with E-state index in [0.717, 1.165) is 40.8 Å². The first-order valence-electron chi connectivity index (χ1n) is 8.83. The van der Waals surface area contributed by atoms with Crippen LogP contribution in [0, 0.1) is 0 Å². The predicted molar refractivity (Wildman–Crippen MR) is 99.4 cm³/mol. The number of ether oxygens (including phenoxy) is 1. The summed E-state index contributed by atoms with van der Waals surface area (Å²) in [6.45, 7) is 2.88. The Hall–Kier alpha value is -2.63. The smallest absolute Gasteiger partial charge is 0.163 e. The van der Waals surface area contributed by atoms with E-state index in [1.807, 2.05) is 55.5 Å². The van der Waals surface area contributed by atoms with E-state index in [4.69, 9.17) is 14.4 Å². The Morgan fingerprint density at radius 1 is 1.12 bits per heavy atom. The molecule has 136 valence electrons. The second kappa shape index (κ2) is 9.17. The Morgan fingerprint density at radius 2 is 1.96 bits per heavy atom. The minimum absolute atomic E-state index is 0.238. The lowest BCUT2D eigenvalue weighted by Gasteiger charge is -2.16. The second-order valence-corrected chi connectivity index (χ2v) is 6.06. The minimum atomic E-state index is 0.238. The van der Waals surface area contributed by atoms with Gasteiger partial charge in [0.15, 0.2) is 5.78 Å². The van der Waals surface area contributed by atoms with E-state index in [-0.39, 0.29) is 5.78 Å². The van der Waals surface area contributed by atoms with Gasteiger partial charge in [0, 0.05) is 12.0 Å². The van der Waals surface area contributed by atoms with Crippen molar-refractivity contribution in [1.29, 1.82) is 0 Å². The summed E-state index contributed by atoms with van der Waals surface area (Å²) >= 11 is 0. The summed E-state index contributed by atoms with van der Waals surface area (Å²) < 4.78 is 5.88. The number of rotatable bonds is 8. The molecule has 3 rings (SSSR count). The third kappa shape index (κ3) is 4.94. The van der Waals surface area contributed by atoms with Gasteiger partial charge in [0.25, 0.3) is 0 Å². The van der Waals surface area contributed by atoms with Crippen molar-refractivity contribution in [3.05, 3.63) is 71.0 Å². The molecule has 5 heteroatoms. The van der Waals surface area contributed by atoms with E-state index in [2.05, 4.69) is 5.64 Å². The second-order valence-electron chi connectivity index (χ2n) is 6.06. The fourth-order valence-corrected chi connectivity index (χ4v) is 2.84. The minimum Gasteiger partial charge on any atom is -0.489 e. The molecule has 0 spiro atoms. The van der Waals surface area contributed by atoms with Gasteiger partial charge in [-0.25, -0.2) is 0 Å².